The summed E-state index contributed by atoms with van der Waals surface area (Å²) in [6, 6.07) is 0. The smallest absolute Gasteiger partial charge is 0 e. The molecule has 0 saturated heterocycles. The predicted molar refractivity (Wildman–Crippen MR) is 81.7 cm³/mol. The van der Waals surface area contributed by atoms with Crippen molar-refractivity contribution in [3.63, 3.8) is 0 Å². The van der Waals surface area contributed by atoms with Crippen LogP contribution in [-0.4, -0.2) is 27.3 Å². The van der Waals surface area contributed by atoms with Gasteiger partial charge in [0.15, 0.2) is 0 Å². The van der Waals surface area contributed by atoms with Gasteiger partial charge in [-0.1, -0.05) is 104 Å². The van der Waals surface area contributed by atoms with E-state index in [9.17, 15) is 0 Å². The molecule has 0 aromatic rings. The van der Waals surface area contributed by atoms with Gasteiger partial charge >= 0.3 is 0 Å². The Labute approximate surface area is 130 Å². The summed E-state index contributed by atoms with van der Waals surface area (Å²) in [4.78, 5) is 0. The monoisotopic (exact) mass is 434 g/mol. The minimum atomic E-state index is 0. The van der Waals surface area contributed by atoms with E-state index in [1.807, 2.05) is 0 Å². The fraction of sp³-hybridized carbons (Fsp3) is 1.00. The second-order valence-electron chi connectivity index (χ2n) is 5.24. The number of unbranched alkanes of at least 4 members (excludes halogenated alkanes) is 13. The van der Waals surface area contributed by atoms with Crippen molar-refractivity contribution in [1.29, 1.82) is 0 Å². The Morgan fingerprint density at radius 3 is 0.706 bits per heavy atom. The molecule has 0 amide bonds. The van der Waals surface area contributed by atoms with Gasteiger partial charge in [-0.3, -0.25) is 0 Å². The zero-order valence-corrected chi connectivity index (χ0v) is 16.3. The average molecular weight is 434 g/mol. The maximum absolute atomic E-state index is 2.29. The van der Waals surface area contributed by atoms with Gasteiger partial charge in [-0.05, 0) is 0 Å². The molecule has 4 radical (unpaired) electrons. The van der Waals surface area contributed by atoms with E-state index in [4.69, 9.17) is 0 Å². The molecule has 0 nitrogen and oxygen atoms in total. The predicted octanol–water partition coefficient (Wildman–Crippen LogP) is 6.11. The summed E-state index contributed by atoms with van der Waals surface area (Å²) in [7, 11) is 0. The van der Waals surface area contributed by atoms with E-state index < -0.39 is 0 Å². The Hall–Kier alpha value is 0.922. The first-order valence-electron chi connectivity index (χ1n) is 7.91. The van der Waals surface area contributed by atoms with Gasteiger partial charge in [0.1, 0.15) is 0 Å². The molecule has 17 heavy (non-hydrogen) atoms. The van der Waals surface area contributed by atoms with Crippen LogP contribution >= 0.6 is 0 Å². The fourth-order valence-corrected chi connectivity index (χ4v) is 2.27. The first-order valence-corrected chi connectivity index (χ1v) is 7.91. The third-order valence-electron chi connectivity index (χ3n) is 3.46. The molecule has 0 spiro atoms. The van der Waals surface area contributed by atoms with Crippen LogP contribution in [0.5, 0.6) is 0 Å². The normalized spacial score (nSPS) is 10.2. The van der Waals surface area contributed by atoms with Crippen LogP contribution < -0.4 is 0 Å². The van der Waals surface area contributed by atoms with Crippen molar-refractivity contribution in [3.8, 4) is 0 Å². The van der Waals surface area contributed by atoms with Gasteiger partial charge in [0, 0.05) is 27.3 Å². The van der Waals surface area contributed by atoms with Crippen LogP contribution in [0.3, 0.4) is 0 Å². The Morgan fingerprint density at radius 2 is 0.529 bits per heavy atom. The van der Waals surface area contributed by atoms with Gasteiger partial charge in [-0.15, -0.1) is 0 Å². The van der Waals surface area contributed by atoms with E-state index in [0.29, 0.717) is 0 Å². The molecule has 0 bridgehead atoms. The molecule has 0 N–H and O–H groups in total. The van der Waals surface area contributed by atoms with Crippen LogP contribution in [-0.2, 0) is 0 Å². The zero-order chi connectivity index (χ0) is 11.9. The molecular formula is C16H34Pb. The van der Waals surface area contributed by atoms with Crippen LogP contribution in [0.4, 0.5) is 0 Å². The summed E-state index contributed by atoms with van der Waals surface area (Å²) in [6.45, 7) is 4.58. The van der Waals surface area contributed by atoms with Crippen molar-refractivity contribution in [2.24, 2.45) is 0 Å². The maximum atomic E-state index is 2.29. The minimum Gasteiger partial charge on any atom is -0.0654 e. The van der Waals surface area contributed by atoms with Crippen LogP contribution in [0, 0.1) is 0 Å². The summed E-state index contributed by atoms with van der Waals surface area (Å²) >= 11 is 0. The summed E-state index contributed by atoms with van der Waals surface area (Å²) in [6.07, 6.45) is 20.4. The Kier molecular flexibility index (Phi) is 22.9. The van der Waals surface area contributed by atoms with Crippen molar-refractivity contribution in [2.75, 3.05) is 0 Å². The number of rotatable bonds is 13. The second-order valence-corrected chi connectivity index (χ2v) is 5.24. The third-order valence-corrected chi connectivity index (χ3v) is 3.46. The Balaban J connectivity index is 0. The molecule has 0 atom stereocenters. The first kappa shape index (κ1) is 20.2. The summed E-state index contributed by atoms with van der Waals surface area (Å²) in [5.74, 6) is 0. The van der Waals surface area contributed by atoms with E-state index in [1.54, 1.807) is 0 Å². The van der Waals surface area contributed by atoms with Crippen molar-refractivity contribution in [2.45, 2.75) is 104 Å². The molecule has 0 aromatic heterocycles. The SMILES string of the molecule is CCCCCCCCCCCCCCCC.[Pb]. The summed E-state index contributed by atoms with van der Waals surface area (Å²) in [5.41, 5.74) is 0. The molecule has 0 fully saturated rings. The molecule has 0 unspecified atom stereocenters. The van der Waals surface area contributed by atoms with Gasteiger partial charge in [0.25, 0.3) is 0 Å². The van der Waals surface area contributed by atoms with Crippen LogP contribution in [0.1, 0.15) is 104 Å². The van der Waals surface area contributed by atoms with Crippen molar-refractivity contribution in [3.05, 3.63) is 0 Å². The molecule has 0 aliphatic rings. The van der Waals surface area contributed by atoms with Gasteiger partial charge in [0.05, 0.1) is 0 Å². The third kappa shape index (κ3) is 19.4. The quantitative estimate of drug-likeness (QED) is 0.243. The van der Waals surface area contributed by atoms with Crippen LogP contribution in [0.15, 0.2) is 0 Å². The largest absolute Gasteiger partial charge is 0.0654 e. The zero-order valence-electron chi connectivity index (χ0n) is 12.4. The van der Waals surface area contributed by atoms with Crippen molar-refractivity contribution in [1.82, 2.24) is 0 Å². The van der Waals surface area contributed by atoms with Crippen molar-refractivity contribution >= 4 is 27.3 Å². The van der Waals surface area contributed by atoms with Gasteiger partial charge in [0.2, 0.25) is 0 Å². The van der Waals surface area contributed by atoms with Crippen LogP contribution in [0.2, 0.25) is 0 Å². The molecule has 0 rings (SSSR count). The maximum Gasteiger partial charge on any atom is 0 e. The molecular weight excluding hydrogens is 399 g/mol. The summed E-state index contributed by atoms with van der Waals surface area (Å²) in [5, 5.41) is 0. The second kappa shape index (κ2) is 19.3. The van der Waals surface area contributed by atoms with Gasteiger partial charge < -0.3 is 0 Å². The molecule has 0 saturated carbocycles. The van der Waals surface area contributed by atoms with E-state index in [0.717, 1.165) is 0 Å². The van der Waals surface area contributed by atoms with Gasteiger partial charge in [-0.2, -0.15) is 0 Å². The molecule has 1 heteroatoms. The van der Waals surface area contributed by atoms with Crippen LogP contribution in [0.25, 0.3) is 0 Å². The van der Waals surface area contributed by atoms with Crippen molar-refractivity contribution < 1.29 is 0 Å². The minimum absolute atomic E-state index is 0. The Morgan fingerprint density at radius 1 is 0.353 bits per heavy atom. The fourth-order valence-electron chi connectivity index (χ4n) is 2.27. The molecule has 0 aliphatic heterocycles. The van der Waals surface area contributed by atoms with E-state index in [2.05, 4.69) is 13.8 Å². The molecule has 0 aliphatic carbocycles. The van der Waals surface area contributed by atoms with Gasteiger partial charge in [-0.25, -0.2) is 0 Å². The molecule has 0 aromatic carbocycles. The standard InChI is InChI=1S/C16H34.Pb/c1-3-5-7-9-11-13-15-16-14-12-10-8-6-4-2;/h3-16H2,1-2H3;. The summed E-state index contributed by atoms with van der Waals surface area (Å²) < 4.78 is 0. The van der Waals surface area contributed by atoms with E-state index in [1.165, 1.54) is 89.9 Å². The van der Waals surface area contributed by atoms with E-state index in [-0.39, 0.29) is 27.3 Å². The topological polar surface area (TPSA) is 0 Å². The average Bonchev–Trinajstić information content (AvgIpc) is 2.31. The molecule has 0 heterocycles. The Bertz CT molecular complexity index is 98.1. The first-order chi connectivity index (χ1) is 7.91. The number of hydrogen-bond acceptors (Lipinski definition) is 0. The van der Waals surface area contributed by atoms with E-state index >= 15 is 0 Å². The molecule has 102 valence electrons. The number of hydrogen-bond donors (Lipinski definition) is 0.